The fourth-order valence-electron chi connectivity index (χ4n) is 2.54. The van der Waals surface area contributed by atoms with Gasteiger partial charge in [-0.1, -0.05) is 19.4 Å². The van der Waals surface area contributed by atoms with Crippen molar-refractivity contribution in [2.45, 2.75) is 33.1 Å². The zero-order valence-corrected chi connectivity index (χ0v) is 10.4. The Hall–Kier alpha value is -1.18. The van der Waals surface area contributed by atoms with E-state index in [1.807, 2.05) is 0 Å². The van der Waals surface area contributed by atoms with Crippen LogP contribution in [0.3, 0.4) is 0 Å². The summed E-state index contributed by atoms with van der Waals surface area (Å²) in [4.78, 5) is 2.43. The molecule has 2 N–H and O–H groups in total. The summed E-state index contributed by atoms with van der Waals surface area (Å²) in [5.41, 5.74) is 9.47. The molecule has 1 aliphatic heterocycles. The zero-order chi connectivity index (χ0) is 11.5. The number of aryl methyl sites for hydroxylation is 1. The number of piperidine rings is 1. The maximum Gasteiger partial charge on any atom is 0.0600 e. The predicted molar refractivity (Wildman–Crippen MR) is 70.8 cm³/mol. The minimum absolute atomic E-state index is 0.919. The van der Waals surface area contributed by atoms with Gasteiger partial charge in [0.15, 0.2) is 0 Å². The minimum Gasteiger partial charge on any atom is -0.397 e. The van der Waals surface area contributed by atoms with Gasteiger partial charge in [-0.3, -0.25) is 0 Å². The van der Waals surface area contributed by atoms with E-state index >= 15 is 0 Å². The summed E-state index contributed by atoms with van der Waals surface area (Å²) in [5, 5.41) is 0. The van der Waals surface area contributed by atoms with E-state index in [1.165, 1.54) is 30.5 Å². The molecule has 0 radical (unpaired) electrons. The second kappa shape index (κ2) is 4.77. The first kappa shape index (κ1) is 11.3. The van der Waals surface area contributed by atoms with Gasteiger partial charge in [-0.2, -0.15) is 0 Å². The highest BCUT2D eigenvalue weighted by Gasteiger charge is 2.19. The van der Waals surface area contributed by atoms with Crippen LogP contribution >= 0.6 is 0 Å². The lowest BCUT2D eigenvalue weighted by atomic mass is 9.94. The molecule has 0 bridgehead atoms. The van der Waals surface area contributed by atoms with Crippen molar-refractivity contribution in [2.24, 2.45) is 5.92 Å². The molecule has 2 rings (SSSR count). The first-order valence-corrected chi connectivity index (χ1v) is 6.31. The lowest BCUT2D eigenvalue weighted by molar-refractivity contribution is 0.395. The van der Waals surface area contributed by atoms with Crippen LogP contribution in [0.15, 0.2) is 18.2 Å². The molecule has 88 valence electrons. The van der Waals surface area contributed by atoms with Crippen LogP contribution in [-0.2, 0) is 0 Å². The number of nitrogens with zero attached hydrogens (tertiary/aromatic N) is 1. The van der Waals surface area contributed by atoms with Gasteiger partial charge in [-0.15, -0.1) is 0 Å². The molecule has 0 spiro atoms. The molecule has 16 heavy (non-hydrogen) atoms. The second-order valence-electron chi connectivity index (χ2n) is 4.90. The van der Waals surface area contributed by atoms with E-state index < -0.39 is 0 Å². The Morgan fingerprint density at radius 1 is 1.31 bits per heavy atom. The summed E-state index contributed by atoms with van der Waals surface area (Å²) in [5.74, 6) is 0.919. The van der Waals surface area contributed by atoms with Gasteiger partial charge < -0.3 is 10.6 Å². The van der Waals surface area contributed by atoms with E-state index in [2.05, 4.69) is 36.9 Å². The molecule has 2 heteroatoms. The molecule has 1 saturated heterocycles. The summed E-state index contributed by atoms with van der Waals surface area (Å²) in [6.07, 6.45) is 3.94. The number of anilines is 2. The fraction of sp³-hybridized carbons (Fsp3) is 0.571. The van der Waals surface area contributed by atoms with Crippen molar-refractivity contribution in [2.75, 3.05) is 23.7 Å². The van der Waals surface area contributed by atoms with Crippen molar-refractivity contribution < 1.29 is 0 Å². The van der Waals surface area contributed by atoms with Gasteiger partial charge in [-0.25, -0.2) is 0 Å². The van der Waals surface area contributed by atoms with Crippen LogP contribution in [0.2, 0.25) is 0 Å². The van der Waals surface area contributed by atoms with E-state index in [4.69, 9.17) is 5.73 Å². The number of benzene rings is 1. The number of nitrogen functional groups attached to an aromatic ring is 1. The molecule has 0 unspecified atom stereocenters. The smallest absolute Gasteiger partial charge is 0.0600 e. The Kier molecular flexibility index (Phi) is 3.37. The average molecular weight is 218 g/mol. The molecule has 1 aliphatic rings. The average Bonchev–Trinajstić information content (AvgIpc) is 2.29. The SMILES string of the molecule is CCC1CCN(c2ccc(C)cc2N)CC1. The van der Waals surface area contributed by atoms with E-state index in [9.17, 15) is 0 Å². The molecule has 1 aromatic carbocycles. The van der Waals surface area contributed by atoms with Gasteiger partial charge in [0.2, 0.25) is 0 Å². The summed E-state index contributed by atoms with van der Waals surface area (Å²) in [6, 6.07) is 6.38. The van der Waals surface area contributed by atoms with Gasteiger partial charge in [0, 0.05) is 13.1 Å². The topological polar surface area (TPSA) is 29.3 Å². The highest BCUT2D eigenvalue weighted by molar-refractivity contribution is 5.68. The normalized spacial score (nSPS) is 17.8. The van der Waals surface area contributed by atoms with Crippen LogP contribution in [0, 0.1) is 12.8 Å². The van der Waals surface area contributed by atoms with Gasteiger partial charge in [0.25, 0.3) is 0 Å². The largest absolute Gasteiger partial charge is 0.397 e. The molecule has 1 fully saturated rings. The van der Waals surface area contributed by atoms with Crippen molar-refractivity contribution >= 4 is 11.4 Å². The van der Waals surface area contributed by atoms with Gasteiger partial charge >= 0.3 is 0 Å². The lowest BCUT2D eigenvalue weighted by Gasteiger charge is -2.34. The highest BCUT2D eigenvalue weighted by atomic mass is 15.1. The van der Waals surface area contributed by atoms with Crippen LogP contribution in [0.25, 0.3) is 0 Å². The third-order valence-corrected chi connectivity index (χ3v) is 3.72. The van der Waals surface area contributed by atoms with Crippen LogP contribution in [0.1, 0.15) is 31.7 Å². The standard InChI is InChI=1S/C14H22N2/c1-3-12-6-8-16(9-7-12)14-5-4-11(2)10-13(14)15/h4-5,10,12H,3,6-9,15H2,1-2H3. The number of rotatable bonds is 2. The summed E-state index contributed by atoms with van der Waals surface area (Å²) in [6.45, 7) is 6.70. The summed E-state index contributed by atoms with van der Waals surface area (Å²) in [7, 11) is 0. The molecule has 1 heterocycles. The molecular weight excluding hydrogens is 196 g/mol. The lowest BCUT2D eigenvalue weighted by Crippen LogP contribution is -2.33. The van der Waals surface area contributed by atoms with Gasteiger partial charge in [0.1, 0.15) is 0 Å². The van der Waals surface area contributed by atoms with E-state index in [1.54, 1.807) is 0 Å². The van der Waals surface area contributed by atoms with Crippen molar-refractivity contribution in [3.63, 3.8) is 0 Å². The number of hydrogen-bond acceptors (Lipinski definition) is 2. The monoisotopic (exact) mass is 218 g/mol. The predicted octanol–water partition coefficient (Wildman–Crippen LogP) is 3.20. The van der Waals surface area contributed by atoms with Crippen molar-refractivity contribution in [3.05, 3.63) is 23.8 Å². The van der Waals surface area contributed by atoms with Gasteiger partial charge in [-0.05, 0) is 43.4 Å². The summed E-state index contributed by atoms with van der Waals surface area (Å²) >= 11 is 0. The second-order valence-corrected chi connectivity index (χ2v) is 4.90. The Bertz CT molecular complexity index is 352. The first-order chi connectivity index (χ1) is 7.70. The van der Waals surface area contributed by atoms with E-state index in [0.29, 0.717) is 0 Å². The molecule has 0 aromatic heterocycles. The zero-order valence-electron chi connectivity index (χ0n) is 10.4. The molecule has 0 amide bonds. The molecule has 0 atom stereocenters. The van der Waals surface area contributed by atoms with Crippen molar-refractivity contribution in [3.8, 4) is 0 Å². The van der Waals surface area contributed by atoms with Crippen LogP contribution in [0.4, 0.5) is 11.4 Å². The maximum absolute atomic E-state index is 6.08. The molecule has 0 saturated carbocycles. The third kappa shape index (κ3) is 2.31. The number of hydrogen-bond donors (Lipinski definition) is 1. The minimum atomic E-state index is 0.919. The maximum atomic E-state index is 6.08. The van der Waals surface area contributed by atoms with E-state index in [0.717, 1.165) is 24.7 Å². The van der Waals surface area contributed by atoms with Crippen molar-refractivity contribution in [1.82, 2.24) is 0 Å². The van der Waals surface area contributed by atoms with Crippen LogP contribution < -0.4 is 10.6 Å². The Morgan fingerprint density at radius 3 is 2.56 bits per heavy atom. The Balaban J connectivity index is 2.08. The number of nitrogens with two attached hydrogens (primary N) is 1. The van der Waals surface area contributed by atoms with Crippen LogP contribution in [0.5, 0.6) is 0 Å². The van der Waals surface area contributed by atoms with Crippen LogP contribution in [-0.4, -0.2) is 13.1 Å². The quantitative estimate of drug-likeness (QED) is 0.772. The Labute approximate surface area is 98.4 Å². The molecule has 0 aliphatic carbocycles. The first-order valence-electron chi connectivity index (χ1n) is 6.31. The summed E-state index contributed by atoms with van der Waals surface area (Å²) < 4.78 is 0. The van der Waals surface area contributed by atoms with Gasteiger partial charge in [0.05, 0.1) is 11.4 Å². The molecular formula is C14H22N2. The molecule has 2 nitrogen and oxygen atoms in total. The highest BCUT2D eigenvalue weighted by Crippen LogP contribution is 2.29. The third-order valence-electron chi connectivity index (χ3n) is 3.72. The van der Waals surface area contributed by atoms with E-state index in [-0.39, 0.29) is 0 Å². The fourth-order valence-corrected chi connectivity index (χ4v) is 2.54. The van der Waals surface area contributed by atoms with Crippen molar-refractivity contribution in [1.29, 1.82) is 0 Å². The Morgan fingerprint density at radius 2 is 2.00 bits per heavy atom. The molecule has 1 aromatic rings.